The molecule has 0 unspecified atom stereocenters. The van der Waals surface area contributed by atoms with Gasteiger partial charge in [0.25, 0.3) is 5.69 Å². The van der Waals surface area contributed by atoms with Crippen LogP contribution in [-0.4, -0.2) is 29.7 Å². The molecular weight excluding hydrogens is 282 g/mol. The Balaban J connectivity index is 2.58. The van der Waals surface area contributed by atoms with Gasteiger partial charge in [-0.1, -0.05) is 0 Å². The minimum atomic E-state index is -3.90. The Morgan fingerprint density at radius 2 is 2.05 bits per heavy atom. The Morgan fingerprint density at radius 1 is 1.40 bits per heavy atom. The number of benzene rings is 1. The monoisotopic (exact) mass is 299 g/mol. The quantitative estimate of drug-likeness (QED) is 0.519. The van der Waals surface area contributed by atoms with Crippen LogP contribution in [0, 0.1) is 10.1 Å². The normalized spacial score (nSPS) is 19.1. The molecule has 0 bridgehead atoms. The fraction of sp³-hybridized carbons (Fsp3) is 0.500. The molecule has 2 N–H and O–H groups in total. The topological polar surface area (TPSA) is 107 Å². The zero-order valence-corrected chi connectivity index (χ0v) is 12.2. The number of nitro benzene ring substituents is 1. The first-order valence-corrected chi connectivity index (χ1v) is 7.67. The lowest BCUT2D eigenvalue weighted by atomic mass is 10.0. The van der Waals surface area contributed by atoms with E-state index in [4.69, 9.17) is 5.73 Å². The van der Waals surface area contributed by atoms with Gasteiger partial charge in [-0.05, 0) is 38.8 Å². The predicted octanol–water partition coefficient (Wildman–Crippen LogP) is 1.74. The number of hydrogen-bond acceptors (Lipinski definition) is 5. The molecule has 1 aromatic rings. The highest BCUT2D eigenvalue weighted by molar-refractivity contribution is 7.89. The Hall–Kier alpha value is -1.67. The van der Waals surface area contributed by atoms with Crippen molar-refractivity contribution in [2.75, 3.05) is 12.3 Å². The molecular formula is C12H17N3O4S. The van der Waals surface area contributed by atoms with Crippen molar-refractivity contribution in [1.29, 1.82) is 0 Å². The van der Waals surface area contributed by atoms with Crippen LogP contribution in [0.25, 0.3) is 0 Å². The summed E-state index contributed by atoms with van der Waals surface area (Å²) in [5, 5.41) is 11.1. The zero-order valence-electron chi connectivity index (χ0n) is 11.4. The van der Waals surface area contributed by atoms with E-state index >= 15 is 0 Å². The first kappa shape index (κ1) is 14.7. The van der Waals surface area contributed by atoms with Crippen molar-refractivity contribution in [3.8, 4) is 0 Å². The smallest absolute Gasteiger partial charge is 0.291 e. The number of nitrogens with two attached hydrogens (primary N) is 1. The Kier molecular flexibility index (Phi) is 3.47. The fourth-order valence-electron chi connectivity index (χ4n) is 2.54. The number of hydrogen-bond donors (Lipinski definition) is 1. The summed E-state index contributed by atoms with van der Waals surface area (Å²) in [5.41, 5.74) is 4.65. The van der Waals surface area contributed by atoms with Crippen molar-refractivity contribution in [3.05, 3.63) is 28.3 Å². The summed E-state index contributed by atoms with van der Waals surface area (Å²) in [7, 11) is -3.90. The number of anilines is 1. The Morgan fingerprint density at radius 3 is 2.55 bits per heavy atom. The van der Waals surface area contributed by atoms with E-state index in [-0.39, 0.29) is 10.6 Å². The lowest BCUT2D eigenvalue weighted by Crippen LogP contribution is -2.42. The van der Waals surface area contributed by atoms with Crippen molar-refractivity contribution in [3.63, 3.8) is 0 Å². The van der Waals surface area contributed by atoms with Gasteiger partial charge in [-0.25, -0.2) is 8.42 Å². The molecule has 0 saturated carbocycles. The number of rotatable bonds is 3. The highest BCUT2D eigenvalue weighted by atomic mass is 32.2. The number of nitrogen functional groups attached to an aromatic ring is 1. The van der Waals surface area contributed by atoms with Crippen LogP contribution >= 0.6 is 0 Å². The van der Waals surface area contributed by atoms with Crippen molar-refractivity contribution >= 4 is 21.4 Å². The van der Waals surface area contributed by atoms with Crippen molar-refractivity contribution in [2.24, 2.45) is 0 Å². The molecule has 0 spiro atoms. The van der Waals surface area contributed by atoms with E-state index in [1.165, 1.54) is 16.4 Å². The maximum absolute atomic E-state index is 12.7. The fourth-order valence-corrected chi connectivity index (χ4v) is 4.53. The molecule has 0 amide bonds. The molecule has 1 saturated heterocycles. The Bertz CT molecular complexity index is 655. The SMILES string of the molecule is CC1(C)CCCN1S(=O)(=O)c1ccc(N)cc1[N+](=O)[O-]. The standard InChI is InChI=1S/C12H17N3O4S/c1-12(2)6-3-7-14(12)20(18,19)11-5-4-9(13)8-10(11)15(16)17/h4-5,8H,3,6-7,13H2,1-2H3. The van der Waals surface area contributed by atoms with E-state index < -0.39 is 26.2 Å². The van der Waals surface area contributed by atoms with Crippen LogP contribution in [0.2, 0.25) is 0 Å². The number of nitrogens with zero attached hydrogens (tertiary/aromatic N) is 2. The van der Waals surface area contributed by atoms with Crippen LogP contribution in [0.1, 0.15) is 26.7 Å². The van der Waals surface area contributed by atoms with Gasteiger partial charge in [-0.15, -0.1) is 0 Å². The van der Waals surface area contributed by atoms with Crippen molar-refractivity contribution in [2.45, 2.75) is 37.1 Å². The molecule has 0 aromatic heterocycles. The van der Waals surface area contributed by atoms with Crippen LogP contribution in [0.4, 0.5) is 11.4 Å². The second-order valence-electron chi connectivity index (χ2n) is 5.48. The average molecular weight is 299 g/mol. The maximum atomic E-state index is 12.7. The second kappa shape index (κ2) is 4.71. The molecule has 1 fully saturated rings. The summed E-state index contributed by atoms with van der Waals surface area (Å²) < 4.78 is 26.7. The third-order valence-corrected chi connectivity index (χ3v) is 5.73. The summed E-state index contributed by atoms with van der Waals surface area (Å²) >= 11 is 0. The predicted molar refractivity (Wildman–Crippen MR) is 74.7 cm³/mol. The van der Waals surface area contributed by atoms with E-state index in [1.54, 1.807) is 0 Å². The molecule has 1 aliphatic rings. The molecule has 110 valence electrons. The van der Waals surface area contributed by atoms with Gasteiger partial charge in [-0.2, -0.15) is 4.31 Å². The summed E-state index contributed by atoms with van der Waals surface area (Å²) in [6.45, 7) is 4.01. The van der Waals surface area contributed by atoms with E-state index in [2.05, 4.69) is 0 Å². The number of nitro groups is 1. The van der Waals surface area contributed by atoms with Crippen LogP contribution in [0.15, 0.2) is 23.1 Å². The lowest BCUT2D eigenvalue weighted by Gasteiger charge is -2.30. The average Bonchev–Trinajstić information content (AvgIpc) is 2.69. The third-order valence-electron chi connectivity index (χ3n) is 3.57. The van der Waals surface area contributed by atoms with Gasteiger partial charge in [0.05, 0.1) is 4.92 Å². The van der Waals surface area contributed by atoms with Crippen LogP contribution in [0.5, 0.6) is 0 Å². The van der Waals surface area contributed by atoms with Gasteiger partial charge in [0.2, 0.25) is 10.0 Å². The molecule has 1 aliphatic heterocycles. The highest BCUT2D eigenvalue weighted by Gasteiger charge is 2.43. The van der Waals surface area contributed by atoms with Crippen molar-refractivity contribution in [1.82, 2.24) is 4.31 Å². The van der Waals surface area contributed by atoms with Gasteiger partial charge >= 0.3 is 0 Å². The molecule has 2 rings (SSSR count). The van der Waals surface area contributed by atoms with Crippen LogP contribution in [-0.2, 0) is 10.0 Å². The molecule has 0 aliphatic carbocycles. The van der Waals surface area contributed by atoms with E-state index in [0.717, 1.165) is 18.9 Å². The summed E-state index contributed by atoms with van der Waals surface area (Å²) in [6, 6.07) is 3.65. The van der Waals surface area contributed by atoms with Crippen LogP contribution < -0.4 is 5.73 Å². The summed E-state index contributed by atoms with van der Waals surface area (Å²) in [4.78, 5) is 10.0. The third kappa shape index (κ3) is 2.36. The van der Waals surface area contributed by atoms with Gasteiger partial charge in [0, 0.05) is 23.8 Å². The molecule has 7 nitrogen and oxygen atoms in total. The summed E-state index contributed by atoms with van der Waals surface area (Å²) in [5.74, 6) is 0. The van der Waals surface area contributed by atoms with Crippen molar-refractivity contribution < 1.29 is 13.3 Å². The first-order chi connectivity index (χ1) is 9.16. The van der Waals surface area contributed by atoms with Gasteiger partial charge in [-0.3, -0.25) is 10.1 Å². The largest absolute Gasteiger partial charge is 0.399 e. The van der Waals surface area contributed by atoms with Gasteiger partial charge in [0.1, 0.15) is 0 Å². The molecule has 0 atom stereocenters. The lowest BCUT2D eigenvalue weighted by molar-refractivity contribution is -0.387. The zero-order chi connectivity index (χ0) is 15.1. The van der Waals surface area contributed by atoms with Gasteiger partial charge < -0.3 is 5.73 Å². The first-order valence-electron chi connectivity index (χ1n) is 6.23. The van der Waals surface area contributed by atoms with E-state index in [9.17, 15) is 18.5 Å². The van der Waals surface area contributed by atoms with E-state index in [1.807, 2.05) is 13.8 Å². The number of sulfonamides is 1. The molecule has 8 heteroatoms. The van der Waals surface area contributed by atoms with Gasteiger partial charge in [0.15, 0.2) is 4.90 Å². The molecule has 1 aromatic carbocycles. The minimum Gasteiger partial charge on any atom is -0.399 e. The maximum Gasteiger partial charge on any atom is 0.291 e. The highest BCUT2D eigenvalue weighted by Crippen LogP contribution is 2.37. The molecule has 0 radical (unpaired) electrons. The Labute approximate surface area is 117 Å². The molecule has 20 heavy (non-hydrogen) atoms. The minimum absolute atomic E-state index is 0.163. The second-order valence-corrected chi connectivity index (χ2v) is 7.31. The molecule has 1 heterocycles. The summed E-state index contributed by atoms with van der Waals surface area (Å²) in [6.07, 6.45) is 1.48. The van der Waals surface area contributed by atoms with E-state index in [0.29, 0.717) is 6.54 Å². The van der Waals surface area contributed by atoms with Crippen LogP contribution in [0.3, 0.4) is 0 Å².